The molecule has 9 heteroatoms. The van der Waals surface area contributed by atoms with Gasteiger partial charge in [0.2, 0.25) is 0 Å². The molecule has 0 radical (unpaired) electrons. The predicted molar refractivity (Wildman–Crippen MR) is 89.3 cm³/mol. The second-order valence-electron chi connectivity index (χ2n) is 3.00. The molecule has 0 bridgehead atoms. The van der Waals surface area contributed by atoms with Crippen LogP contribution in [0.25, 0.3) is 11.2 Å². The van der Waals surface area contributed by atoms with Gasteiger partial charge in [-0.1, -0.05) is 12.1 Å². The monoisotopic (exact) mass is 588 g/mol. The number of hydrogen-bond acceptors (Lipinski definition) is 4. The standard InChI is InChI=1S/2C6H7N.2BrH.2NO.W/c2*1-6-4-2-3-5-7-6;;;2*1-2;/h2*2-5H,1H3;2*1H;;;/q;;;;2*-1;+2/p-2. The van der Waals surface area contributed by atoms with Crippen molar-refractivity contribution in [3.05, 3.63) is 81.2 Å². The van der Waals surface area contributed by atoms with Crippen molar-refractivity contribution >= 4 is 26.6 Å². The first-order chi connectivity index (χ1) is 10.2. The number of nitroso groups, excluding NO2 is 2. The maximum Gasteiger partial charge on any atom is -0.423 e. The Labute approximate surface area is 145 Å². The summed E-state index contributed by atoms with van der Waals surface area (Å²) in [7, 11) is 0. The fraction of sp³-hybridized carbons (Fsp3) is 0.167. The Balaban J connectivity index is -0.000000219. The van der Waals surface area contributed by atoms with Crippen molar-refractivity contribution < 1.29 is 14.5 Å². The van der Waals surface area contributed by atoms with Crippen molar-refractivity contribution in [2.24, 2.45) is 0 Å². The zero-order valence-electron chi connectivity index (χ0n) is 11.4. The molecule has 2 rings (SSSR count). The van der Waals surface area contributed by atoms with Crippen LogP contribution in [0.2, 0.25) is 0 Å². The summed E-state index contributed by atoms with van der Waals surface area (Å²) in [5, 5.41) is 0. The molecule has 0 saturated heterocycles. The smallest absolute Gasteiger partial charge is 0.423 e. The van der Waals surface area contributed by atoms with Crippen LogP contribution >= 0.6 is 26.6 Å². The Hall–Kier alpha value is -0.852. The average Bonchev–Trinajstić information content (AvgIpc) is 2.54. The molecular formula is C12H14Br2N4O2W-2. The molecule has 2 aromatic rings. The van der Waals surface area contributed by atoms with Gasteiger partial charge in [0.15, 0.2) is 0 Å². The van der Waals surface area contributed by atoms with Gasteiger partial charge in [0.05, 0.1) is 0 Å². The Morgan fingerprint density at radius 1 is 0.810 bits per heavy atom. The zero-order chi connectivity index (χ0) is 16.9. The summed E-state index contributed by atoms with van der Waals surface area (Å²) >= 11 is 6.33. The van der Waals surface area contributed by atoms with Gasteiger partial charge in [-0.2, -0.15) is 0 Å². The molecule has 0 aliphatic heterocycles. The van der Waals surface area contributed by atoms with Crippen LogP contribution in [0, 0.1) is 23.7 Å². The molecule has 0 saturated carbocycles. The van der Waals surface area contributed by atoms with E-state index < -0.39 is 0 Å². The predicted octanol–water partition coefficient (Wildman–Crippen LogP) is 5.11. The normalized spacial score (nSPS) is 7.05. The van der Waals surface area contributed by atoms with Crippen molar-refractivity contribution in [1.29, 1.82) is 0 Å². The summed E-state index contributed by atoms with van der Waals surface area (Å²) in [6.45, 7) is 3.94. The summed E-state index contributed by atoms with van der Waals surface area (Å²) in [4.78, 5) is 22.5. The van der Waals surface area contributed by atoms with E-state index in [4.69, 9.17) is 21.0 Å². The van der Waals surface area contributed by atoms with E-state index >= 15 is 0 Å². The van der Waals surface area contributed by atoms with E-state index in [1.807, 2.05) is 50.2 Å². The van der Waals surface area contributed by atoms with Crippen LogP contribution in [0.15, 0.2) is 48.8 Å². The number of pyridine rings is 2. The minimum Gasteiger partial charge on any atom is -0.577 e. The molecule has 0 fully saturated rings. The van der Waals surface area contributed by atoms with Crippen LogP contribution in [0.1, 0.15) is 11.4 Å². The van der Waals surface area contributed by atoms with Gasteiger partial charge in [0, 0.05) is 23.8 Å². The molecule has 0 amide bonds. The molecule has 116 valence electrons. The molecule has 0 aliphatic rings. The Bertz CT molecular complexity index is 373. The van der Waals surface area contributed by atoms with Gasteiger partial charge in [-0.15, -0.1) is 0 Å². The number of halogens is 2. The topological polar surface area (TPSA) is 105 Å². The van der Waals surface area contributed by atoms with Crippen molar-refractivity contribution in [1.82, 2.24) is 9.97 Å². The second kappa shape index (κ2) is 24.2. The quantitative estimate of drug-likeness (QED) is 0.426. The van der Waals surface area contributed by atoms with Gasteiger partial charge >= 0.3 is 41.0 Å². The van der Waals surface area contributed by atoms with E-state index in [0.29, 0.717) is 0 Å². The van der Waals surface area contributed by atoms with Crippen LogP contribution in [0.4, 0.5) is 0 Å². The summed E-state index contributed by atoms with van der Waals surface area (Å²) in [5.41, 5.74) is 13.6. The van der Waals surface area contributed by atoms with Crippen molar-refractivity contribution in [2.75, 3.05) is 0 Å². The molecule has 21 heavy (non-hydrogen) atoms. The third-order valence-corrected chi connectivity index (χ3v) is 1.63. The average molecular weight is 590 g/mol. The van der Waals surface area contributed by atoms with Gasteiger partial charge in [-0.25, -0.2) is 0 Å². The third kappa shape index (κ3) is 24.5. The van der Waals surface area contributed by atoms with Crippen molar-refractivity contribution in [3.8, 4) is 0 Å². The van der Waals surface area contributed by atoms with Crippen LogP contribution in [-0.4, -0.2) is 9.97 Å². The number of nitrogens with zero attached hydrogens (tertiary/aromatic N) is 4. The van der Waals surface area contributed by atoms with E-state index in [0.717, 1.165) is 11.4 Å². The molecule has 0 atom stereocenters. The van der Waals surface area contributed by atoms with E-state index in [1.54, 1.807) is 12.4 Å². The molecule has 6 nitrogen and oxygen atoms in total. The first-order valence-corrected chi connectivity index (χ1v) is 18.0. The molecule has 0 aromatic carbocycles. The third-order valence-electron chi connectivity index (χ3n) is 1.63. The molecule has 0 unspecified atom stereocenters. The Morgan fingerprint density at radius 2 is 1.10 bits per heavy atom. The minimum absolute atomic E-state index is 0.125. The number of rotatable bonds is 0. The van der Waals surface area contributed by atoms with E-state index in [1.165, 1.54) is 0 Å². The zero-order valence-corrected chi connectivity index (χ0v) is 17.5. The van der Waals surface area contributed by atoms with Gasteiger partial charge in [-0.3, -0.25) is 9.97 Å². The fourth-order valence-electron chi connectivity index (χ4n) is 0.896. The molecule has 2 aromatic heterocycles. The molecule has 0 spiro atoms. The molecule has 0 N–H and O–H groups in total. The Morgan fingerprint density at radius 3 is 1.19 bits per heavy atom. The summed E-state index contributed by atoms with van der Waals surface area (Å²) in [5.74, 6) is 0. The number of hydrogen-bond donors (Lipinski definition) is 0. The number of aromatic nitrogens is 2. The van der Waals surface area contributed by atoms with Gasteiger partial charge in [-0.05, 0) is 38.1 Å². The maximum absolute atomic E-state index is 7.25. The Kier molecular flexibility index (Phi) is 28.9. The molecule has 2 heterocycles. The minimum atomic E-state index is -0.125. The van der Waals surface area contributed by atoms with Crippen molar-refractivity contribution in [2.45, 2.75) is 13.8 Å². The van der Waals surface area contributed by atoms with Gasteiger partial charge < -0.3 is 21.0 Å². The second-order valence-corrected chi connectivity index (χ2v) is 15.8. The van der Waals surface area contributed by atoms with E-state index in [2.05, 4.69) is 36.6 Å². The fourth-order valence-corrected chi connectivity index (χ4v) is 0.896. The maximum atomic E-state index is 7.25. The summed E-state index contributed by atoms with van der Waals surface area (Å²) < 4.78 is 0. The van der Waals surface area contributed by atoms with Crippen LogP contribution < -0.4 is 0 Å². The van der Waals surface area contributed by atoms with E-state index in [-0.39, 0.29) is 14.5 Å². The summed E-state index contributed by atoms with van der Waals surface area (Å²) in [6.07, 6.45) is 3.57. The first kappa shape index (κ1) is 25.1. The van der Waals surface area contributed by atoms with Gasteiger partial charge in [0.25, 0.3) is 0 Å². The molecular weight excluding hydrogens is 576 g/mol. The van der Waals surface area contributed by atoms with Crippen molar-refractivity contribution in [3.63, 3.8) is 0 Å². The summed E-state index contributed by atoms with van der Waals surface area (Å²) in [6, 6.07) is 11.7. The SMILES string of the molecule is Cc1ccccn1.Cc1ccccn1.[Br][W][Br].[N-]=O.[N-]=O. The first-order valence-electron chi connectivity index (χ1n) is 5.21. The van der Waals surface area contributed by atoms with Crippen LogP contribution in [0.5, 0.6) is 0 Å². The van der Waals surface area contributed by atoms with Gasteiger partial charge in [0.1, 0.15) is 0 Å². The molecule has 0 aliphatic carbocycles. The largest absolute Gasteiger partial charge is 0.577 e. The van der Waals surface area contributed by atoms with Crippen LogP contribution in [0.3, 0.4) is 0 Å². The van der Waals surface area contributed by atoms with Crippen LogP contribution in [-0.2, 0) is 14.5 Å². The van der Waals surface area contributed by atoms with E-state index in [9.17, 15) is 0 Å². The number of aryl methyl sites for hydroxylation is 2.